The fourth-order valence-electron chi connectivity index (χ4n) is 4.48. The highest BCUT2D eigenvalue weighted by molar-refractivity contribution is 5.94. The van der Waals surface area contributed by atoms with Gasteiger partial charge in [-0.1, -0.05) is 36.3 Å². The average molecular weight is 516 g/mol. The molecule has 1 aliphatic heterocycles. The van der Waals surface area contributed by atoms with E-state index in [2.05, 4.69) is 31.4 Å². The summed E-state index contributed by atoms with van der Waals surface area (Å²) in [5, 5.41) is 7.02. The van der Waals surface area contributed by atoms with E-state index in [1.54, 1.807) is 30.5 Å². The zero-order valence-electron chi connectivity index (χ0n) is 21.3. The van der Waals surface area contributed by atoms with Crippen molar-refractivity contribution in [2.24, 2.45) is 0 Å². The predicted molar refractivity (Wildman–Crippen MR) is 140 cm³/mol. The molecule has 1 amide bonds. The Balaban J connectivity index is 1.08. The first kappa shape index (κ1) is 25.5. The number of nitrogens with zero attached hydrogens (tertiary/aromatic N) is 4. The molecule has 0 unspecified atom stereocenters. The Morgan fingerprint density at radius 1 is 1.13 bits per heavy atom. The molecule has 9 heteroatoms. The van der Waals surface area contributed by atoms with Crippen LogP contribution in [0, 0.1) is 5.82 Å². The van der Waals surface area contributed by atoms with E-state index in [1.807, 2.05) is 25.1 Å². The molecule has 38 heavy (non-hydrogen) atoms. The van der Waals surface area contributed by atoms with Crippen LogP contribution in [0.4, 0.5) is 4.39 Å². The van der Waals surface area contributed by atoms with Crippen LogP contribution < -0.4 is 10.1 Å². The molecule has 2 aromatic heterocycles. The summed E-state index contributed by atoms with van der Waals surface area (Å²) >= 11 is 0. The van der Waals surface area contributed by atoms with Crippen molar-refractivity contribution in [3.8, 4) is 17.0 Å². The van der Waals surface area contributed by atoms with Crippen molar-refractivity contribution < 1.29 is 18.4 Å². The largest absolute Gasteiger partial charge is 0.484 e. The van der Waals surface area contributed by atoms with Crippen molar-refractivity contribution in [1.82, 2.24) is 25.3 Å². The molecule has 1 fully saturated rings. The molecule has 0 saturated carbocycles. The van der Waals surface area contributed by atoms with Crippen LogP contribution in [0.3, 0.4) is 0 Å². The van der Waals surface area contributed by atoms with Gasteiger partial charge in [-0.05, 0) is 54.8 Å². The molecule has 0 aliphatic carbocycles. The number of hydrogen-bond donors (Lipinski definition) is 1. The maximum Gasteiger partial charge on any atom is 0.264 e. The minimum atomic E-state index is -0.315. The van der Waals surface area contributed by atoms with E-state index >= 15 is 0 Å². The number of amides is 1. The van der Waals surface area contributed by atoms with E-state index in [0.29, 0.717) is 28.5 Å². The SMILES string of the molecule is CCc1noc(COc2cccc(CN3CCC(NC(=O)c4ccc(-c5cccc(F)c5)nc4)CC3)c2)n1. The summed E-state index contributed by atoms with van der Waals surface area (Å²) < 4.78 is 24.5. The van der Waals surface area contributed by atoms with Gasteiger partial charge >= 0.3 is 0 Å². The monoisotopic (exact) mass is 515 g/mol. The van der Waals surface area contributed by atoms with Crippen molar-refractivity contribution in [2.75, 3.05) is 13.1 Å². The number of pyridine rings is 1. The second-order valence-electron chi connectivity index (χ2n) is 9.36. The number of halogens is 1. The highest BCUT2D eigenvalue weighted by Gasteiger charge is 2.21. The van der Waals surface area contributed by atoms with Crippen LogP contribution in [0.25, 0.3) is 11.3 Å². The number of carbonyl (C=O) groups excluding carboxylic acids is 1. The number of likely N-dealkylation sites (tertiary alicyclic amines) is 1. The number of hydrogen-bond acceptors (Lipinski definition) is 7. The van der Waals surface area contributed by atoms with Crippen LogP contribution in [-0.4, -0.2) is 45.1 Å². The minimum absolute atomic E-state index is 0.110. The molecule has 1 N–H and O–H groups in total. The van der Waals surface area contributed by atoms with E-state index in [4.69, 9.17) is 9.26 Å². The van der Waals surface area contributed by atoms with Gasteiger partial charge in [-0.3, -0.25) is 14.7 Å². The number of benzene rings is 2. The first-order valence-corrected chi connectivity index (χ1v) is 12.8. The molecule has 0 radical (unpaired) electrons. The minimum Gasteiger partial charge on any atom is -0.484 e. The lowest BCUT2D eigenvalue weighted by Gasteiger charge is -2.32. The number of ether oxygens (including phenoxy) is 1. The highest BCUT2D eigenvalue weighted by Crippen LogP contribution is 2.20. The van der Waals surface area contributed by atoms with Gasteiger partial charge < -0.3 is 14.6 Å². The Morgan fingerprint density at radius 3 is 2.71 bits per heavy atom. The van der Waals surface area contributed by atoms with Crippen LogP contribution in [0.2, 0.25) is 0 Å². The fraction of sp³-hybridized carbons (Fsp3) is 0.310. The molecule has 3 heterocycles. The Kier molecular flexibility index (Phi) is 8.04. The van der Waals surface area contributed by atoms with Gasteiger partial charge in [0.05, 0.1) is 11.3 Å². The van der Waals surface area contributed by atoms with Crippen molar-refractivity contribution >= 4 is 5.91 Å². The molecular weight excluding hydrogens is 485 g/mol. The maximum absolute atomic E-state index is 13.5. The fourth-order valence-corrected chi connectivity index (χ4v) is 4.48. The summed E-state index contributed by atoms with van der Waals surface area (Å²) in [6.45, 7) is 4.79. The van der Waals surface area contributed by atoms with Gasteiger partial charge in [0.1, 0.15) is 11.6 Å². The van der Waals surface area contributed by atoms with Crippen molar-refractivity contribution in [3.05, 3.63) is 95.5 Å². The number of nitrogens with one attached hydrogen (secondary N) is 1. The second-order valence-corrected chi connectivity index (χ2v) is 9.36. The standard InChI is InChI=1S/C29H30FN5O3/c1-2-27-33-28(38-34-27)19-37-25-8-3-5-20(15-25)18-35-13-11-24(12-14-35)32-29(36)22-9-10-26(31-17-22)21-6-4-7-23(30)16-21/h3-10,15-17,24H,2,11-14,18-19H2,1H3,(H,32,36). The van der Waals surface area contributed by atoms with Gasteiger partial charge in [-0.15, -0.1) is 0 Å². The van der Waals surface area contributed by atoms with Gasteiger partial charge in [0.2, 0.25) is 0 Å². The number of aryl methyl sites for hydroxylation is 1. The van der Waals surface area contributed by atoms with Crippen molar-refractivity contribution in [3.63, 3.8) is 0 Å². The quantitative estimate of drug-likeness (QED) is 0.342. The normalized spacial score (nSPS) is 14.4. The summed E-state index contributed by atoms with van der Waals surface area (Å²) in [5.41, 5.74) is 2.97. The Labute approximate surface area is 220 Å². The third-order valence-electron chi connectivity index (χ3n) is 6.56. The second kappa shape index (κ2) is 12.0. The van der Waals surface area contributed by atoms with Crippen molar-refractivity contribution in [2.45, 2.75) is 45.4 Å². The summed E-state index contributed by atoms with van der Waals surface area (Å²) in [4.78, 5) is 23.7. The predicted octanol–water partition coefficient (Wildman–Crippen LogP) is 4.81. The van der Waals surface area contributed by atoms with E-state index in [9.17, 15) is 9.18 Å². The summed E-state index contributed by atoms with van der Waals surface area (Å²) in [5.74, 6) is 1.45. The lowest BCUT2D eigenvalue weighted by atomic mass is 10.0. The molecule has 4 aromatic rings. The number of aromatic nitrogens is 3. The highest BCUT2D eigenvalue weighted by atomic mass is 19.1. The van der Waals surface area contributed by atoms with Crippen LogP contribution in [0.15, 0.2) is 71.4 Å². The van der Waals surface area contributed by atoms with Gasteiger partial charge in [0.15, 0.2) is 12.4 Å². The van der Waals surface area contributed by atoms with E-state index in [1.165, 1.54) is 12.1 Å². The molecule has 2 aromatic carbocycles. The number of carbonyl (C=O) groups is 1. The first-order chi connectivity index (χ1) is 18.6. The third-order valence-corrected chi connectivity index (χ3v) is 6.56. The first-order valence-electron chi connectivity index (χ1n) is 12.8. The van der Waals surface area contributed by atoms with Crippen molar-refractivity contribution in [1.29, 1.82) is 0 Å². The van der Waals surface area contributed by atoms with Crippen LogP contribution in [0.1, 0.15) is 47.4 Å². The summed E-state index contributed by atoms with van der Waals surface area (Å²) in [6.07, 6.45) is 4.00. The molecule has 0 spiro atoms. The zero-order valence-corrected chi connectivity index (χ0v) is 21.3. The molecule has 0 bridgehead atoms. The summed E-state index contributed by atoms with van der Waals surface area (Å²) in [6, 6.07) is 17.9. The molecule has 5 rings (SSSR count). The molecule has 8 nitrogen and oxygen atoms in total. The Bertz CT molecular complexity index is 1370. The lowest BCUT2D eigenvalue weighted by molar-refractivity contribution is 0.0908. The molecule has 1 saturated heterocycles. The van der Waals surface area contributed by atoms with Crippen LogP contribution >= 0.6 is 0 Å². The van der Waals surface area contributed by atoms with Gasteiger partial charge in [-0.2, -0.15) is 4.98 Å². The average Bonchev–Trinajstić information content (AvgIpc) is 3.42. The lowest BCUT2D eigenvalue weighted by Crippen LogP contribution is -2.44. The molecular formula is C29H30FN5O3. The van der Waals surface area contributed by atoms with Crippen LogP contribution in [0.5, 0.6) is 5.75 Å². The Morgan fingerprint density at radius 2 is 1.97 bits per heavy atom. The van der Waals surface area contributed by atoms with Crippen LogP contribution in [-0.2, 0) is 19.6 Å². The summed E-state index contributed by atoms with van der Waals surface area (Å²) in [7, 11) is 0. The number of piperidine rings is 1. The zero-order chi connectivity index (χ0) is 26.3. The molecule has 196 valence electrons. The van der Waals surface area contributed by atoms with E-state index < -0.39 is 0 Å². The number of rotatable bonds is 9. The van der Waals surface area contributed by atoms with Gasteiger partial charge in [0, 0.05) is 43.9 Å². The maximum atomic E-state index is 13.5. The van der Waals surface area contributed by atoms with Gasteiger partial charge in [-0.25, -0.2) is 4.39 Å². The van der Waals surface area contributed by atoms with Gasteiger partial charge in [0.25, 0.3) is 11.8 Å². The smallest absolute Gasteiger partial charge is 0.264 e. The topological polar surface area (TPSA) is 93.4 Å². The van der Waals surface area contributed by atoms with E-state index in [0.717, 1.165) is 50.2 Å². The molecule has 1 aliphatic rings. The third kappa shape index (κ3) is 6.60. The molecule has 0 atom stereocenters. The van der Waals surface area contributed by atoms with E-state index in [-0.39, 0.29) is 24.4 Å². The Hall–Kier alpha value is -4.11.